The molecular formula is C17H17BrN2O4. The minimum Gasteiger partial charge on any atom is -0.493 e. The smallest absolute Gasteiger partial charge is 0.271 e. The van der Waals surface area contributed by atoms with Crippen molar-refractivity contribution in [2.75, 3.05) is 19.0 Å². The van der Waals surface area contributed by atoms with E-state index in [0.29, 0.717) is 30.3 Å². The van der Waals surface area contributed by atoms with Gasteiger partial charge in [-0.25, -0.2) is 0 Å². The molecule has 0 amide bonds. The molecule has 0 saturated carbocycles. The second kappa shape index (κ2) is 8.35. The lowest BCUT2D eigenvalue weighted by Crippen LogP contribution is -2.03. The predicted molar refractivity (Wildman–Crippen MR) is 96.8 cm³/mol. The molecule has 1 N–H and O–H groups in total. The lowest BCUT2D eigenvalue weighted by atomic mass is 10.2. The van der Waals surface area contributed by atoms with Crippen molar-refractivity contribution in [1.29, 1.82) is 0 Å². The summed E-state index contributed by atoms with van der Waals surface area (Å²) in [5.41, 5.74) is 1.66. The molecule has 0 unspecified atom stereocenters. The maximum absolute atomic E-state index is 10.8. The van der Waals surface area contributed by atoms with Crippen molar-refractivity contribution in [2.24, 2.45) is 0 Å². The van der Waals surface area contributed by atoms with Gasteiger partial charge in [0.05, 0.1) is 16.5 Å². The number of halogens is 1. The van der Waals surface area contributed by atoms with Gasteiger partial charge in [-0.1, -0.05) is 18.7 Å². The van der Waals surface area contributed by atoms with E-state index in [-0.39, 0.29) is 5.69 Å². The first-order chi connectivity index (χ1) is 11.5. The molecule has 2 aromatic rings. The number of hydrogen-bond donors (Lipinski definition) is 1. The Morgan fingerprint density at radius 1 is 1.38 bits per heavy atom. The van der Waals surface area contributed by atoms with Crippen molar-refractivity contribution in [3.63, 3.8) is 0 Å². The molecule has 0 heterocycles. The van der Waals surface area contributed by atoms with Crippen LogP contribution in [0, 0.1) is 10.1 Å². The van der Waals surface area contributed by atoms with Gasteiger partial charge in [0.15, 0.2) is 11.5 Å². The Kier molecular flexibility index (Phi) is 6.20. The number of rotatable bonds is 8. The second-order valence-electron chi connectivity index (χ2n) is 4.87. The van der Waals surface area contributed by atoms with Crippen molar-refractivity contribution >= 4 is 27.3 Å². The second-order valence-corrected chi connectivity index (χ2v) is 5.72. The zero-order chi connectivity index (χ0) is 17.5. The molecule has 126 valence electrons. The number of non-ortho nitro benzene ring substituents is 1. The molecule has 6 nitrogen and oxygen atoms in total. The van der Waals surface area contributed by atoms with Crippen LogP contribution in [0.15, 0.2) is 53.5 Å². The number of nitro groups is 1. The highest BCUT2D eigenvalue weighted by molar-refractivity contribution is 9.10. The number of benzene rings is 2. The van der Waals surface area contributed by atoms with Crippen LogP contribution in [0.4, 0.5) is 11.4 Å². The minimum atomic E-state index is -0.420. The summed E-state index contributed by atoms with van der Waals surface area (Å²) in [6.07, 6.45) is 1.66. The molecule has 0 aliphatic rings. The third-order valence-corrected chi connectivity index (χ3v) is 3.78. The van der Waals surface area contributed by atoms with E-state index in [1.807, 2.05) is 12.1 Å². The van der Waals surface area contributed by atoms with Crippen molar-refractivity contribution in [3.05, 3.63) is 69.2 Å². The van der Waals surface area contributed by atoms with Crippen molar-refractivity contribution in [1.82, 2.24) is 0 Å². The van der Waals surface area contributed by atoms with Gasteiger partial charge in [-0.3, -0.25) is 10.1 Å². The third-order valence-electron chi connectivity index (χ3n) is 3.19. The maximum Gasteiger partial charge on any atom is 0.271 e. The first-order valence-corrected chi connectivity index (χ1v) is 7.93. The zero-order valence-electron chi connectivity index (χ0n) is 13.1. The molecular weight excluding hydrogens is 376 g/mol. The first-order valence-electron chi connectivity index (χ1n) is 7.13. The number of nitro benzene ring substituents is 1. The van der Waals surface area contributed by atoms with Gasteiger partial charge in [0.2, 0.25) is 0 Å². The van der Waals surface area contributed by atoms with Crippen molar-refractivity contribution in [3.8, 4) is 11.5 Å². The molecule has 2 rings (SSSR count). The Hall–Kier alpha value is -2.54. The van der Waals surface area contributed by atoms with E-state index >= 15 is 0 Å². The largest absolute Gasteiger partial charge is 0.493 e. The fraction of sp³-hybridized carbons (Fsp3) is 0.176. The van der Waals surface area contributed by atoms with Crippen LogP contribution in [0.1, 0.15) is 5.56 Å². The summed E-state index contributed by atoms with van der Waals surface area (Å²) in [7, 11) is 1.57. The molecule has 0 spiro atoms. The van der Waals surface area contributed by atoms with E-state index in [2.05, 4.69) is 27.8 Å². The Labute approximate surface area is 148 Å². The van der Waals surface area contributed by atoms with Gasteiger partial charge in [0.1, 0.15) is 6.61 Å². The summed E-state index contributed by atoms with van der Waals surface area (Å²) < 4.78 is 11.7. The monoisotopic (exact) mass is 392 g/mol. The molecule has 0 aromatic heterocycles. The van der Waals surface area contributed by atoms with Crippen LogP contribution in [-0.2, 0) is 6.54 Å². The Morgan fingerprint density at radius 2 is 2.17 bits per heavy atom. The lowest BCUT2D eigenvalue weighted by Gasteiger charge is -2.14. The third kappa shape index (κ3) is 4.48. The van der Waals surface area contributed by atoms with E-state index in [4.69, 9.17) is 9.47 Å². The standard InChI is InChI=1S/C17H17BrN2O4/c1-3-7-24-17-15(18)8-12(9-16(17)23-2)11-19-13-5-4-6-14(10-13)20(21)22/h3-6,8-10,19H,1,7,11H2,2H3. The topological polar surface area (TPSA) is 73.6 Å². The van der Waals surface area contributed by atoms with Crippen LogP contribution in [-0.4, -0.2) is 18.6 Å². The first kappa shape index (κ1) is 17.8. The van der Waals surface area contributed by atoms with Gasteiger partial charge in [-0.05, 0) is 39.7 Å². The molecule has 2 aromatic carbocycles. The van der Waals surface area contributed by atoms with E-state index < -0.39 is 4.92 Å². The molecule has 24 heavy (non-hydrogen) atoms. The average Bonchev–Trinajstić information content (AvgIpc) is 2.58. The van der Waals surface area contributed by atoms with Crippen LogP contribution in [0.3, 0.4) is 0 Å². The molecule has 0 bridgehead atoms. The van der Waals surface area contributed by atoms with Gasteiger partial charge in [-0.15, -0.1) is 0 Å². The van der Waals surface area contributed by atoms with Crippen LogP contribution >= 0.6 is 15.9 Å². The van der Waals surface area contributed by atoms with Crippen LogP contribution in [0.2, 0.25) is 0 Å². The SMILES string of the molecule is C=CCOc1c(Br)cc(CNc2cccc([N+](=O)[O-])c2)cc1OC. The molecule has 7 heteroatoms. The van der Waals surface area contributed by atoms with E-state index in [1.165, 1.54) is 12.1 Å². The number of hydrogen-bond acceptors (Lipinski definition) is 5. The van der Waals surface area contributed by atoms with Gasteiger partial charge in [0.25, 0.3) is 5.69 Å². The number of nitrogens with zero attached hydrogens (tertiary/aromatic N) is 1. The Bertz CT molecular complexity index is 749. The van der Waals surface area contributed by atoms with Gasteiger partial charge >= 0.3 is 0 Å². The highest BCUT2D eigenvalue weighted by atomic mass is 79.9. The molecule has 0 atom stereocenters. The number of methoxy groups -OCH3 is 1. The average molecular weight is 393 g/mol. The minimum absolute atomic E-state index is 0.0481. The van der Waals surface area contributed by atoms with Gasteiger partial charge in [0, 0.05) is 24.4 Å². The van der Waals surface area contributed by atoms with Crippen LogP contribution < -0.4 is 14.8 Å². The van der Waals surface area contributed by atoms with E-state index in [0.717, 1.165) is 10.0 Å². The summed E-state index contributed by atoms with van der Waals surface area (Å²) in [5, 5.41) is 14.0. The quantitative estimate of drug-likeness (QED) is 0.405. The highest BCUT2D eigenvalue weighted by Crippen LogP contribution is 2.37. The van der Waals surface area contributed by atoms with Gasteiger partial charge in [-0.2, -0.15) is 0 Å². The normalized spacial score (nSPS) is 10.1. The van der Waals surface area contributed by atoms with Gasteiger partial charge < -0.3 is 14.8 Å². The summed E-state index contributed by atoms with van der Waals surface area (Å²) in [6.45, 7) is 4.48. The maximum atomic E-state index is 10.8. The van der Waals surface area contributed by atoms with E-state index in [1.54, 1.807) is 25.3 Å². The number of ether oxygens (including phenoxy) is 2. The zero-order valence-corrected chi connectivity index (χ0v) is 14.7. The van der Waals surface area contributed by atoms with Crippen LogP contribution in [0.5, 0.6) is 11.5 Å². The fourth-order valence-corrected chi connectivity index (χ4v) is 2.70. The van der Waals surface area contributed by atoms with Crippen LogP contribution in [0.25, 0.3) is 0 Å². The summed E-state index contributed by atoms with van der Waals surface area (Å²) >= 11 is 3.47. The lowest BCUT2D eigenvalue weighted by molar-refractivity contribution is -0.384. The summed E-state index contributed by atoms with van der Waals surface area (Å²) in [6, 6.07) is 10.1. The summed E-state index contributed by atoms with van der Waals surface area (Å²) in [4.78, 5) is 10.4. The number of nitrogens with one attached hydrogen (secondary N) is 1. The fourth-order valence-electron chi connectivity index (χ4n) is 2.09. The molecule has 0 fully saturated rings. The Morgan fingerprint density at radius 3 is 2.83 bits per heavy atom. The van der Waals surface area contributed by atoms with Crippen molar-refractivity contribution < 1.29 is 14.4 Å². The molecule has 0 radical (unpaired) electrons. The summed E-state index contributed by atoms with van der Waals surface area (Å²) in [5.74, 6) is 1.21. The van der Waals surface area contributed by atoms with Crippen molar-refractivity contribution in [2.45, 2.75) is 6.54 Å². The molecule has 0 aliphatic heterocycles. The molecule has 0 aliphatic carbocycles. The molecule has 0 saturated heterocycles. The predicted octanol–water partition coefficient (Wildman–Crippen LogP) is 4.54. The highest BCUT2D eigenvalue weighted by Gasteiger charge is 2.12. The Balaban J connectivity index is 2.15. The number of anilines is 1. The van der Waals surface area contributed by atoms with E-state index in [9.17, 15) is 10.1 Å².